The first-order valence-corrected chi connectivity index (χ1v) is 8.78. The monoisotopic (exact) mass is 405 g/mol. The van der Waals surface area contributed by atoms with Crippen LogP contribution in [-0.4, -0.2) is 37.6 Å². The molecule has 0 bridgehead atoms. The second kappa shape index (κ2) is 9.54. The number of primary amides is 1. The summed E-state index contributed by atoms with van der Waals surface area (Å²) < 4.78 is 11.3. The normalized spacial score (nSPS) is 15.2. The topological polar surface area (TPSA) is 103 Å². The molecule has 1 fully saturated rings. The molecule has 0 atom stereocenters. The van der Waals surface area contributed by atoms with Crippen LogP contribution in [0.25, 0.3) is 0 Å². The van der Waals surface area contributed by atoms with Gasteiger partial charge in [-0.05, 0) is 62.3 Å². The number of rotatable bonds is 6. The molecular weight excluding hydrogens is 382 g/mol. The number of hydrogen-bond donors (Lipinski definition) is 3. The minimum absolute atomic E-state index is 0. The summed E-state index contributed by atoms with van der Waals surface area (Å²) in [7, 11) is 1.57. The van der Waals surface area contributed by atoms with Crippen molar-refractivity contribution >= 4 is 29.9 Å². The lowest BCUT2D eigenvalue weighted by molar-refractivity contribution is -0.140. The Hall–Kier alpha value is -2.61. The third kappa shape index (κ3) is 4.81. The minimum Gasteiger partial charge on any atom is -0.457 e. The number of hydrogen-bond acceptors (Lipinski definition) is 5. The van der Waals surface area contributed by atoms with Gasteiger partial charge in [-0.2, -0.15) is 0 Å². The van der Waals surface area contributed by atoms with Crippen LogP contribution in [0.2, 0.25) is 0 Å². The van der Waals surface area contributed by atoms with E-state index >= 15 is 0 Å². The maximum absolute atomic E-state index is 12.7. The van der Waals surface area contributed by atoms with E-state index in [0.717, 1.165) is 13.1 Å². The van der Waals surface area contributed by atoms with Gasteiger partial charge in [0.25, 0.3) is 11.8 Å². The zero-order valence-corrected chi connectivity index (χ0v) is 16.4. The van der Waals surface area contributed by atoms with Gasteiger partial charge >= 0.3 is 0 Å². The third-order valence-electron chi connectivity index (χ3n) is 4.71. The van der Waals surface area contributed by atoms with Crippen molar-refractivity contribution in [3.05, 3.63) is 54.1 Å². The zero-order valence-electron chi connectivity index (χ0n) is 15.6. The van der Waals surface area contributed by atoms with Crippen LogP contribution < -0.4 is 21.1 Å². The molecule has 1 saturated heterocycles. The molecule has 2 aromatic rings. The van der Waals surface area contributed by atoms with Gasteiger partial charge in [-0.15, -0.1) is 12.4 Å². The minimum atomic E-state index is -0.805. The number of halogens is 1. The second-order valence-electron chi connectivity index (χ2n) is 6.39. The molecule has 4 N–H and O–H groups in total. The highest BCUT2D eigenvalue weighted by Gasteiger charge is 2.39. The number of nitrogens with two attached hydrogens (primary N) is 1. The first-order chi connectivity index (χ1) is 13.0. The summed E-state index contributed by atoms with van der Waals surface area (Å²) in [4.78, 5) is 24.1. The molecule has 2 aromatic carbocycles. The summed E-state index contributed by atoms with van der Waals surface area (Å²) in [6.45, 7) is 1.49. The number of amides is 2. The van der Waals surface area contributed by atoms with Crippen LogP contribution in [-0.2, 0) is 9.53 Å². The number of benzene rings is 2. The van der Waals surface area contributed by atoms with Crippen LogP contribution in [0.1, 0.15) is 23.2 Å². The first kappa shape index (κ1) is 21.7. The van der Waals surface area contributed by atoms with Gasteiger partial charge in [0.2, 0.25) is 0 Å². The quantitative estimate of drug-likeness (QED) is 0.685. The second-order valence-corrected chi connectivity index (χ2v) is 6.39. The van der Waals surface area contributed by atoms with Crippen LogP contribution in [0.15, 0.2) is 48.5 Å². The van der Waals surface area contributed by atoms with Crippen molar-refractivity contribution in [2.75, 3.05) is 25.5 Å². The number of nitrogens with one attached hydrogen (secondary N) is 2. The van der Waals surface area contributed by atoms with Crippen molar-refractivity contribution in [1.82, 2.24) is 5.32 Å². The molecule has 0 unspecified atom stereocenters. The molecule has 0 spiro atoms. The zero-order chi connectivity index (χ0) is 19.3. The van der Waals surface area contributed by atoms with Crippen molar-refractivity contribution < 1.29 is 19.1 Å². The van der Waals surface area contributed by atoms with Gasteiger partial charge in [-0.1, -0.05) is 12.1 Å². The Morgan fingerprint density at radius 2 is 1.71 bits per heavy atom. The lowest BCUT2D eigenvalue weighted by Crippen LogP contribution is -2.51. The fourth-order valence-corrected chi connectivity index (χ4v) is 3.09. The molecular formula is C20H24ClN3O4. The Morgan fingerprint density at radius 1 is 1.07 bits per heavy atom. The number of para-hydroxylation sites is 1. The van der Waals surface area contributed by atoms with Crippen LogP contribution >= 0.6 is 12.4 Å². The molecule has 1 aliphatic heterocycles. The summed E-state index contributed by atoms with van der Waals surface area (Å²) in [5, 5.41) is 6.13. The van der Waals surface area contributed by atoms with Crippen LogP contribution in [0.5, 0.6) is 11.5 Å². The highest BCUT2D eigenvalue weighted by molar-refractivity contribution is 5.97. The maximum atomic E-state index is 12.7. The molecule has 150 valence electrons. The molecule has 7 nitrogen and oxygen atoms in total. The Balaban J connectivity index is 0.00000280. The van der Waals surface area contributed by atoms with E-state index in [2.05, 4.69) is 10.6 Å². The SMILES string of the molecule is COC1(C(=O)Nc2ccc(Oc3ccccc3C(N)=O)cc2)CCNCC1.Cl. The van der Waals surface area contributed by atoms with Gasteiger partial charge in [0.15, 0.2) is 0 Å². The number of anilines is 1. The number of ether oxygens (including phenoxy) is 2. The Morgan fingerprint density at radius 3 is 2.32 bits per heavy atom. The Bertz CT molecular complexity index is 820. The van der Waals surface area contributed by atoms with Crippen molar-refractivity contribution in [2.45, 2.75) is 18.4 Å². The first-order valence-electron chi connectivity index (χ1n) is 8.78. The standard InChI is InChI=1S/C20H23N3O4.ClH/c1-26-20(10-12-22-13-11-20)19(25)23-14-6-8-15(9-7-14)27-17-5-3-2-4-16(17)18(21)24;/h2-9,22H,10-13H2,1H3,(H2,21,24)(H,23,25);1H. The number of carbonyl (C=O) groups is 2. The van der Waals surface area contributed by atoms with Crippen LogP contribution in [0.4, 0.5) is 5.69 Å². The van der Waals surface area contributed by atoms with Gasteiger partial charge in [0, 0.05) is 12.8 Å². The predicted octanol–water partition coefficient (Wildman–Crippen LogP) is 2.71. The maximum Gasteiger partial charge on any atom is 0.256 e. The van der Waals surface area contributed by atoms with E-state index < -0.39 is 11.5 Å². The van der Waals surface area contributed by atoms with E-state index in [0.29, 0.717) is 35.6 Å². The molecule has 28 heavy (non-hydrogen) atoms. The van der Waals surface area contributed by atoms with E-state index in [1.165, 1.54) is 0 Å². The summed E-state index contributed by atoms with van der Waals surface area (Å²) in [6.07, 6.45) is 1.25. The summed E-state index contributed by atoms with van der Waals surface area (Å²) in [5.41, 5.74) is 5.51. The van der Waals surface area contributed by atoms with Gasteiger partial charge in [0.1, 0.15) is 17.1 Å². The van der Waals surface area contributed by atoms with Gasteiger partial charge in [-0.3, -0.25) is 9.59 Å². The van der Waals surface area contributed by atoms with Crippen molar-refractivity contribution in [3.63, 3.8) is 0 Å². The summed E-state index contributed by atoms with van der Waals surface area (Å²) in [5.74, 6) is 0.209. The van der Waals surface area contributed by atoms with Crippen LogP contribution in [0, 0.1) is 0 Å². The van der Waals surface area contributed by atoms with E-state index in [4.69, 9.17) is 15.2 Å². The molecule has 2 amide bonds. The van der Waals surface area contributed by atoms with Crippen molar-refractivity contribution in [3.8, 4) is 11.5 Å². The van der Waals surface area contributed by atoms with Gasteiger partial charge in [-0.25, -0.2) is 0 Å². The average molecular weight is 406 g/mol. The van der Waals surface area contributed by atoms with E-state index in [1.807, 2.05) is 0 Å². The lowest BCUT2D eigenvalue weighted by atomic mass is 9.91. The average Bonchev–Trinajstić information content (AvgIpc) is 2.70. The smallest absolute Gasteiger partial charge is 0.256 e. The Kier molecular flexibility index (Phi) is 7.39. The molecule has 0 saturated carbocycles. The van der Waals surface area contributed by atoms with Crippen molar-refractivity contribution in [1.29, 1.82) is 0 Å². The van der Waals surface area contributed by atoms with Gasteiger partial charge < -0.3 is 25.8 Å². The molecule has 8 heteroatoms. The van der Waals surface area contributed by atoms with Crippen molar-refractivity contribution in [2.24, 2.45) is 5.73 Å². The van der Waals surface area contributed by atoms with Crippen LogP contribution in [0.3, 0.4) is 0 Å². The number of carbonyl (C=O) groups excluding carboxylic acids is 2. The summed E-state index contributed by atoms with van der Waals surface area (Å²) >= 11 is 0. The fraction of sp³-hybridized carbons (Fsp3) is 0.300. The highest BCUT2D eigenvalue weighted by Crippen LogP contribution is 2.28. The molecule has 1 aliphatic rings. The molecule has 0 aliphatic carbocycles. The number of piperidine rings is 1. The van der Waals surface area contributed by atoms with E-state index in [1.54, 1.807) is 55.6 Å². The largest absolute Gasteiger partial charge is 0.457 e. The number of methoxy groups -OCH3 is 1. The molecule has 0 aromatic heterocycles. The third-order valence-corrected chi connectivity index (χ3v) is 4.71. The fourth-order valence-electron chi connectivity index (χ4n) is 3.09. The summed E-state index contributed by atoms with van der Waals surface area (Å²) in [6, 6.07) is 13.7. The molecule has 0 radical (unpaired) electrons. The molecule has 1 heterocycles. The highest BCUT2D eigenvalue weighted by atomic mass is 35.5. The van der Waals surface area contributed by atoms with E-state index in [-0.39, 0.29) is 18.3 Å². The molecule has 3 rings (SSSR count). The lowest BCUT2D eigenvalue weighted by Gasteiger charge is -2.34. The Labute approximate surface area is 170 Å². The van der Waals surface area contributed by atoms with E-state index in [9.17, 15) is 9.59 Å². The predicted molar refractivity (Wildman–Crippen MR) is 109 cm³/mol. The van der Waals surface area contributed by atoms with Gasteiger partial charge in [0.05, 0.1) is 5.56 Å².